The van der Waals surface area contributed by atoms with Gasteiger partial charge >= 0.3 is 18.0 Å². The quantitative estimate of drug-likeness (QED) is 0.229. The van der Waals surface area contributed by atoms with Gasteiger partial charge in [0, 0.05) is 25.9 Å². The molecule has 13 heteroatoms. The van der Waals surface area contributed by atoms with Crippen LogP contribution in [-0.4, -0.2) is 79.5 Å². The lowest BCUT2D eigenvalue weighted by Gasteiger charge is -2.28. The van der Waals surface area contributed by atoms with Gasteiger partial charge < -0.3 is 19.5 Å². The molecule has 0 aromatic rings. The van der Waals surface area contributed by atoms with Crippen molar-refractivity contribution >= 4 is 41.7 Å². The Morgan fingerprint density at radius 1 is 0.972 bits per heavy atom. The van der Waals surface area contributed by atoms with Gasteiger partial charge in [-0.25, -0.2) is 9.69 Å². The van der Waals surface area contributed by atoms with Crippen molar-refractivity contribution in [2.24, 2.45) is 10.8 Å². The molecule has 0 saturated carbocycles. The topological polar surface area (TPSA) is 174 Å². The van der Waals surface area contributed by atoms with Crippen LogP contribution < -0.4 is 10.6 Å². The summed E-state index contributed by atoms with van der Waals surface area (Å²) in [4.78, 5) is 82.8. The Morgan fingerprint density at radius 2 is 1.64 bits per heavy atom. The van der Waals surface area contributed by atoms with Crippen molar-refractivity contribution < 1.29 is 47.8 Å². The Hall–Kier alpha value is -3.51. The van der Waals surface area contributed by atoms with Crippen molar-refractivity contribution in [3.63, 3.8) is 0 Å². The number of ether oxygens (including phenoxy) is 3. The van der Waals surface area contributed by atoms with Crippen molar-refractivity contribution in [2.75, 3.05) is 27.3 Å². The summed E-state index contributed by atoms with van der Waals surface area (Å²) in [5.41, 5.74) is -3.27. The van der Waals surface area contributed by atoms with Crippen LogP contribution in [0.3, 0.4) is 0 Å². The Labute approximate surface area is 208 Å². The highest BCUT2D eigenvalue weighted by molar-refractivity contribution is 6.13. The number of carbonyl (C=O) groups is 7. The summed E-state index contributed by atoms with van der Waals surface area (Å²) in [5, 5.41) is 4.82. The smallest absolute Gasteiger partial charge is 0.417 e. The number of hydrogen-bond acceptors (Lipinski definition) is 10. The van der Waals surface area contributed by atoms with E-state index < -0.39 is 46.3 Å². The van der Waals surface area contributed by atoms with Crippen molar-refractivity contribution in [1.82, 2.24) is 15.5 Å². The van der Waals surface area contributed by atoms with Crippen LogP contribution >= 0.6 is 0 Å². The summed E-state index contributed by atoms with van der Waals surface area (Å²) >= 11 is 0. The Morgan fingerprint density at radius 3 is 2.14 bits per heavy atom. The van der Waals surface area contributed by atoms with E-state index in [-0.39, 0.29) is 44.0 Å². The molecule has 0 aromatic carbocycles. The number of methoxy groups -OCH3 is 2. The third kappa shape index (κ3) is 6.00. The minimum atomic E-state index is -1.56. The second-order valence-electron chi connectivity index (χ2n) is 9.80. The molecule has 2 unspecified atom stereocenters. The lowest BCUT2D eigenvalue weighted by molar-refractivity contribution is -0.160. The van der Waals surface area contributed by atoms with Crippen LogP contribution in [0, 0.1) is 10.8 Å². The van der Waals surface area contributed by atoms with E-state index in [0.717, 1.165) is 12.0 Å². The summed E-state index contributed by atoms with van der Waals surface area (Å²) in [5.74, 6) is -2.97. The maximum absolute atomic E-state index is 12.6. The van der Waals surface area contributed by atoms with Crippen LogP contribution in [0.4, 0.5) is 4.79 Å². The number of nitrogens with one attached hydrogen (secondary N) is 2. The molecule has 200 valence electrons. The number of carbonyl (C=O) groups excluding carboxylic acids is 7. The maximum Gasteiger partial charge on any atom is 0.417 e. The molecule has 0 radical (unpaired) electrons. The molecule has 3 fully saturated rings. The number of amides is 5. The minimum absolute atomic E-state index is 0.0318. The summed E-state index contributed by atoms with van der Waals surface area (Å²) < 4.78 is 14.4. The largest absolute Gasteiger partial charge is 0.469 e. The van der Waals surface area contributed by atoms with Gasteiger partial charge in [0.2, 0.25) is 23.6 Å². The lowest BCUT2D eigenvalue weighted by Crippen LogP contribution is -2.52. The zero-order valence-electron chi connectivity index (χ0n) is 21.2. The molecule has 3 aliphatic rings. The second kappa shape index (κ2) is 11.0. The third-order valence-electron chi connectivity index (χ3n) is 6.33. The van der Waals surface area contributed by atoms with Crippen molar-refractivity contribution in [3.8, 4) is 0 Å². The number of hydrogen-bond donors (Lipinski definition) is 2. The SMILES string of the molecule is COC(=O)CCC1(C(=O)OC)CCN(C(=O)OC(C)(C)C)C1=O.O=C1CCC2(CCNC2=O)C(=O)N1. The van der Waals surface area contributed by atoms with E-state index in [1.165, 1.54) is 7.11 Å². The van der Waals surface area contributed by atoms with Crippen molar-refractivity contribution in [3.05, 3.63) is 0 Å². The zero-order valence-corrected chi connectivity index (χ0v) is 21.2. The van der Waals surface area contributed by atoms with E-state index in [4.69, 9.17) is 9.47 Å². The molecule has 0 aliphatic carbocycles. The van der Waals surface area contributed by atoms with Crippen LogP contribution in [0.25, 0.3) is 0 Å². The Balaban J connectivity index is 0.000000293. The summed E-state index contributed by atoms with van der Waals surface area (Å²) in [6.45, 7) is 5.59. The van der Waals surface area contributed by atoms with E-state index in [9.17, 15) is 33.6 Å². The van der Waals surface area contributed by atoms with Gasteiger partial charge in [-0.2, -0.15) is 0 Å². The number of likely N-dealkylation sites (tertiary alicyclic amines) is 1. The van der Waals surface area contributed by atoms with Gasteiger partial charge in [-0.1, -0.05) is 0 Å². The average Bonchev–Trinajstić information content (AvgIpc) is 3.34. The first-order chi connectivity index (χ1) is 16.7. The maximum atomic E-state index is 12.6. The highest BCUT2D eigenvalue weighted by Crippen LogP contribution is 2.39. The molecular formula is C23H33N3O10. The van der Waals surface area contributed by atoms with Gasteiger partial charge in [-0.3, -0.25) is 34.1 Å². The van der Waals surface area contributed by atoms with Gasteiger partial charge in [-0.15, -0.1) is 0 Å². The fourth-order valence-electron chi connectivity index (χ4n) is 4.27. The van der Waals surface area contributed by atoms with Gasteiger partial charge in [0.15, 0.2) is 0 Å². The van der Waals surface area contributed by atoms with Crippen molar-refractivity contribution in [2.45, 2.75) is 64.9 Å². The van der Waals surface area contributed by atoms with Gasteiger partial charge in [0.1, 0.15) is 16.4 Å². The lowest BCUT2D eigenvalue weighted by atomic mass is 9.78. The summed E-state index contributed by atoms with van der Waals surface area (Å²) in [6.07, 6.45) is 0.179. The van der Waals surface area contributed by atoms with Gasteiger partial charge in [0.25, 0.3) is 0 Å². The first-order valence-electron chi connectivity index (χ1n) is 11.6. The molecule has 13 nitrogen and oxygen atoms in total. The monoisotopic (exact) mass is 511 g/mol. The summed E-state index contributed by atoms with van der Waals surface area (Å²) in [6, 6.07) is 0. The molecule has 36 heavy (non-hydrogen) atoms. The summed E-state index contributed by atoms with van der Waals surface area (Å²) in [7, 11) is 2.38. The predicted molar refractivity (Wildman–Crippen MR) is 121 cm³/mol. The molecule has 0 bridgehead atoms. The van der Waals surface area contributed by atoms with E-state index in [1.54, 1.807) is 20.8 Å². The Kier molecular flexibility index (Phi) is 8.81. The number of nitrogens with zero attached hydrogens (tertiary/aromatic N) is 1. The van der Waals surface area contributed by atoms with Crippen LogP contribution in [0.15, 0.2) is 0 Å². The molecule has 3 heterocycles. The number of rotatable bonds is 4. The van der Waals surface area contributed by atoms with Gasteiger partial charge in [-0.05, 0) is 46.5 Å². The molecule has 0 aromatic heterocycles. The van der Waals surface area contributed by atoms with E-state index in [1.807, 2.05) is 0 Å². The Bertz CT molecular complexity index is 956. The fraction of sp³-hybridized carbons (Fsp3) is 0.696. The predicted octanol–water partition coefficient (Wildman–Crippen LogP) is 0.196. The molecule has 3 rings (SSSR count). The molecule has 5 amide bonds. The van der Waals surface area contributed by atoms with E-state index >= 15 is 0 Å². The number of imide groups is 2. The minimum Gasteiger partial charge on any atom is -0.469 e. The van der Waals surface area contributed by atoms with Crippen LogP contribution in [0.5, 0.6) is 0 Å². The number of piperidine rings is 1. The highest BCUT2D eigenvalue weighted by atomic mass is 16.6. The number of esters is 2. The van der Waals surface area contributed by atoms with Gasteiger partial charge in [0.05, 0.1) is 14.2 Å². The second-order valence-corrected chi connectivity index (χ2v) is 9.80. The fourth-order valence-corrected chi connectivity index (χ4v) is 4.27. The van der Waals surface area contributed by atoms with Crippen LogP contribution in [0.2, 0.25) is 0 Å². The highest BCUT2D eigenvalue weighted by Gasteiger charge is 2.56. The molecule has 2 atom stereocenters. The average molecular weight is 512 g/mol. The van der Waals surface area contributed by atoms with E-state index in [2.05, 4.69) is 15.4 Å². The van der Waals surface area contributed by atoms with Crippen molar-refractivity contribution in [1.29, 1.82) is 0 Å². The van der Waals surface area contributed by atoms with Crippen LogP contribution in [-0.2, 0) is 43.0 Å². The molecule has 2 N–H and O–H groups in total. The third-order valence-corrected chi connectivity index (χ3v) is 6.33. The molecule has 3 saturated heterocycles. The first-order valence-corrected chi connectivity index (χ1v) is 11.6. The zero-order chi connectivity index (χ0) is 27.3. The first kappa shape index (κ1) is 28.7. The van der Waals surface area contributed by atoms with Crippen LogP contribution in [0.1, 0.15) is 59.3 Å². The molecular weight excluding hydrogens is 478 g/mol. The molecule has 1 spiro atoms. The standard InChI is InChI=1S/C15H23NO7.C8H10N2O3/c1-14(2,3)23-13(20)16-9-8-15(11(16)18,12(19)22-5)7-6-10(17)21-4;11-5-1-2-8(7(13)10-5)3-4-9-6(8)12/h6-9H2,1-5H3;1-4H2,(H,9,12)(H,10,11,13). The molecule has 3 aliphatic heterocycles. The van der Waals surface area contributed by atoms with E-state index in [0.29, 0.717) is 19.4 Å². The normalized spacial score (nSPS) is 25.5.